The highest BCUT2D eigenvalue weighted by atomic mass is 32.2. The summed E-state index contributed by atoms with van der Waals surface area (Å²) in [5, 5.41) is 3.94. The summed E-state index contributed by atoms with van der Waals surface area (Å²) >= 11 is 1.96. The quantitative estimate of drug-likeness (QED) is 0.658. The third kappa shape index (κ3) is 4.53. The average molecular weight is 485 g/mol. The Morgan fingerprint density at radius 2 is 1.79 bits per heavy atom. The smallest absolute Gasteiger partial charge is 0.410 e. The topological polar surface area (TPSA) is 75.9 Å². The molecule has 8 heteroatoms. The van der Waals surface area contributed by atoms with Crippen LogP contribution >= 0.6 is 11.8 Å². The number of likely N-dealkylation sites (tertiary alicyclic amines) is 1. The van der Waals surface area contributed by atoms with Gasteiger partial charge in [0.25, 0.3) is 0 Å². The molecular weight excluding hydrogens is 448 g/mol. The first-order valence-corrected chi connectivity index (χ1v) is 13.3. The Morgan fingerprint density at radius 1 is 1.12 bits per heavy atom. The average Bonchev–Trinajstić information content (AvgIpc) is 3.22. The van der Waals surface area contributed by atoms with Crippen LogP contribution in [0.15, 0.2) is 29.4 Å². The van der Waals surface area contributed by atoms with E-state index >= 15 is 0 Å². The van der Waals surface area contributed by atoms with E-state index in [0.29, 0.717) is 18.3 Å². The second kappa shape index (κ2) is 8.47. The van der Waals surface area contributed by atoms with Crippen molar-refractivity contribution in [3.63, 3.8) is 0 Å². The van der Waals surface area contributed by atoms with Crippen LogP contribution in [0.5, 0.6) is 0 Å². The van der Waals surface area contributed by atoms with E-state index in [0.717, 1.165) is 11.3 Å². The molecule has 3 aliphatic rings. The number of hydrogen-bond donors (Lipinski definition) is 1. The van der Waals surface area contributed by atoms with Gasteiger partial charge in [0.05, 0.1) is 17.3 Å². The second-order valence-electron chi connectivity index (χ2n) is 11.6. The summed E-state index contributed by atoms with van der Waals surface area (Å²) in [6.07, 6.45) is 8.90. The van der Waals surface area contributed by atoms with Crippen molar-refractivity contribution < 1.29 is 14.3 Å². The molecular formula is C26H36N4O3S. The molecule has 2 aromatic heterocycles. The Bertz CT molecular complexity index is 1090. The zero-order chi connectivity index (χ0) is 24.3. The molecule has 184 valence electrons. The maximum Gasteiger partial charge on any atom is 0.410 e. The van der Waals surface area contributed by atoms with Crippen LogP contribution in [0.2, 0.25) is 0 Å². The third-order valence-electron chi connectivity index (χ3n) is 7.27. The second-order valence-corrected chi connectivity index (χ2v) is 12.9. The van der Waals surface area contributed by atoms with Gasteiger partial charge < -0.3 is 19.4 Å². The number of piperidine rings is 1. The van der Waals surface area contributed by atoms with Gasteiger partial charge in [0, 0.05) is 35.3 Å². The predicted octanol–water partition coefficient (Wildman–Crippen LogP) is 4.83. The number of pyridine rings is 1. The van der Waals surface area contributed by atoms with Crippen molar-refractivity contribution in [1.29, 1.82) is 0 Å². The molecule has 1 aliphatic heterocycles. The van der Waals surface area contributed by atoms with Crippen LogP contribution in [-0.2, 0) is 15.1 Å². The Morgan fingerprint density at radius 3 is 2.44 bits per heavy atom. The van der Waals surface area contributed by atoms with Crippen LogP contribution in [0.25, 0.3) is 5.52 Å². The van der Waals surface area contributed by atoms with Gasteiger partial charge in [-0.2, -0.15) is 0 Å². The molecule has 0 unspecified atom stereocenters. The number of thioether (sulfide) groups is 1. The number of nitrogens with one attached hydrogen (secondary N) is 1. The zero-order valence-electron chi connectivity index (χ0n) is 20.8. The summed E-state index contributed by atoms with van der Waals surface area (Å²) < 4.78 is 7.60. The molecule has 0 radical (unpaired) electrons. The summed E-state index contributed by atoms with van der Waals surface area (Å²) in [5.74, 6) is 1.28. The molecule has 3 heterocycles. The Hall–Kier alpha value is -2.22. The van der Waals surface area contributed by atoms with Gasteiger partial charge in [-0.25, -0.2) is 9.78 Å². The minimum Gasteiger partial charge on any atom is -0.444 e. The fraction of sp³-hybridized carbons (Fsp3) is 0.654. The highest BCUT2D eigenvalue weighted by molar-refractivity contribution is 8.00. The molecule has 7 nitrogen and oxygen atoms in total. The Labute approximate surface area is 206 Å². The number of carbonyl (C=O) groups is 2. The van der Waals surface area contributed by atoms with Crippen LogP contribution in [0.1, 0.15) is 66.1 Å². The van der Waals surface area contributed by atoms with Gasteiger partial charge in [-0.3, -0.25) is 4.79 Å². The number of ether oxygens (including phenoxy) is 1. The lowest BCUT2D eigenvalue weighted by Crippen LogP contribution is -2.45. The molecule has 2 aliphatic carbocycles. The first kappa shape index (κ1) is 23.5. The molecule has 5 rings (SSSR count). The lowest BCUT2D eigenvalue weighted by molar-refractivity contribution is -0.125. The summed E-state index contributed by atoms with van der Waals surface area (Å²) in [4.78, 5) is 33.3. The van der Waals surface area contributed by atoms with E-state index in [9.17, 15) is 9.59 Å². The van der Waals surface area contributed by atoms with E-state index < -0.39 is 11.1 Å². The van der Waals surface area contributed by atoms with Gasteiger partial charge >= 0.3 is 6.09 Å². The van der Waals surface area contributed by atoms with Gasteiger partial charge in [0.2, 0.25) is 5.91 Å². The van der Waals surface area contributed by atoms with Crippen LogP contribution in [0.4, 0.5) is 4.79 Å². The molecule has 1 N–H and O–H groups in total. The summed E-state index contributed by atoms with van der Waals surface area (Å²) in [6, 6.07) is 4.25. The lowest BCUT2D eigenvalue weighted by Gasteiger charge is -2.27. The lowest BCUT2D eigenvalue weighted by atomic mass is 10.0. The van der Waals surface area contributed by atoms with E-state index in [2.05, 4.69) is 21.9 Å². The van der Waals surface area contributed by atoms with Crippen molar-refractivity contribution in [2.75, 3.05) is 13.1 Å². The molecule has 2 saturated carbocycles. The highest BCUT2D eigenvalue weighted by Crippen LogP contribution is 2.52. The molecule has 0 aromatic carbocycles. The van der Waals surface area contributed by atoms with Crippen LogP contribution < -0.4 is 5.32 Å². The molecule has 3 atom stereocenters. The third-order valence-corrected chi connectivity index (χ3v) is 8.67. The Kier molecular flexibility index (Phi) is 5.86. The Balaban J connectivity index is 1.23. The van der Waals surface area contributed by atoms with Crippen molar-refractivity contribution in [1.82, 2.24) is 19.6 Å². The summed E-state index contributed by atoms with van der Waals surface area (Å²) in [5.41, 5.74) is -0.0114. The van der Waals surface area contributed by atoms with E-state index in [-0.39, 0.29) is 29.8 Å². The van der Waals surface area contributed by atoms with E-state index in [4.69, 9.17) is 9.72 Å². The van der Waals surface area contributed by atoms with Gasteiger partial charge in [0.1, 0.15) is 11.4 Å². The van der Waals surface area contributed by atoms with Gasteiger partial charge in [-0.1, -0.05) is 12.8 Å². The summed E-state index contributed by atoms with van der Waals surface area (Å²) in [6.45, 7) is 10.8. The normalized spacial score (nSPS) is 25.0. The number of nitrogens with zero attached hydrogens (tertiary/aromatic N) is 3. The number of aromatic nitrogens is 2. The molecule has 0 bridgehead atoms. The molecule has 1 saturated heterocycles. The van der Waals surface area contributed by atoms with Crippen molar-refractivity contribution >= 4 is 29.3 Å². The maximum atomic E-state index is 13.2. The monoisotopic (exact) mass is 484 g/mol. The van der Waals surface area contributed by atoms with Crippen molar-refractivity contribution in [3.8, 4) is 0 Å². The fourth-order valence-electron chi connectivity index (χ4n) is 5.58. The number of rotatable bonds is 5. The molecule has 0 spiro atoms. The standard InChI is InChI=1S/C26H36N4O3S/c1-25(2,3)33-24(32)29-14-17-18(15-29)21(17)22(31)28-26(4,5)23-27-13-19-20(11-8-12-30(19)23)34-16-9-6-7-10-16/h8,11-13,16-18,21H,6-7,9-10,14-15H2,1-5H3,(H,28,31)/t17-,18+,21+. The van der Waals surface area contributed by atoms with Crippen molar-refractivity contribution in [3.05, 3.63) is 30.4 Å². The zero-order valence-corrected chi connectivity index (χ0v) is 21.7. The largest absolute Gasteiger partial charge is 0.444 e. The molecule has 2 aromatic rings. The summed E-state index contributed by atoms with van der Waals surface area (Å²) in [7, 11) is 0. The highest BCUT2D eigenvalue weighted by Gasteiger charge is 2.61. The molecule has 2 amide bonds. The number of fused-ring (bicyclic) bond motifs is 2. The van der Waals surface area contributed by atoms with E-state index in [1.54, 1.807) is 4.90 Å². The van der Waals surface area contributed by atoms with Crippen LogP contribution in [-0.4, -0.2) is 50.2 Å². The number of imidazole rings is 1. The maximum absolute atomic E-state index is 13.2. The fourth-order valence-corrected chi connectivity index (χ4v) is 6.94. The first-order chi connectivity index (χ1) is 16.0. The minimum atomic E-state index is -0.609. The SMILES string of the molecule is CC(C)(C)OC(=O)N1C[C@@H]2[C@H](C1)[C@H]2C(=O)NC(C)(C)c1ncc2c(SC3CCCC3)cccn12. The van der Waals surface area contributed by atoms with Crippen molar-refractivity contribution in [2.45, 2.75) is 81.6 Å². The minimum absolute atomic E-state index is 0.0438. The van der Waals surface area contributed by atoms with Crippen molar-refractivity contribution in [2.24, 2.45) is 17.8 Å². The number of amides is 2. The first-order valence-electron chi connectivity index (χ1n) is 12.5. The van der Waals surface area contributed by atoms with Crippen LogP contribution in [0, 0.1) is 17.8 Å². The van der Waals surface area contributed by atoms with Gasteiger partial charge in [0.15, 0.2) is 0 Å². The van der Waals surface area contributed by atoms with Crippen LogP contribution in [0.3, 0.4) is 0 Å². The van der Waals surface area contributed by atoms with Gasteiger partial charge in [-0.15, -0.1) is 11.8 Å². The molecule has 3 fully saturated rings. The predicted molar refractivity (Wildman–Crippen MR) is 133 cm³/mol. The van der Waals surface area contributed by atoms with E-state index in [1.165, 1.54) is 30.6 Å². The van der Waals surface area contributed by atoms with E-state index in [1.807, 2.05) is 58.8 Å². The number of hydrogen-bond acceptors (Lipinski definition) is 5. The number of carbonyl (C=O) groups excluding carboxylic acids is 2. The van der Waals surface area contributed by atoms with Gasteiger partial charge in [-0.05, 0) is 71.4 Å². The molecule has 34 heavy (non-hydrogen) atoms.